The van der Waals surface area contributed by atoms with Gasteiger partial charge in [-0.25, -0.2) is 9.37 Å². The van der Waals surface area contributed by atoms with Crippen molar-refractivity contribution < 1.29 is 9.50 Å². The summed E-state index contributed by atoms with van der Waals surface area (Å²) in [7, 11) is 0. The molecule has 3 aromatic rings. The van der Waals surface area contributed by atoms with Gasteiger partial charge in [0.1, 0.15) is 11.6 Å². The van der Waals surface area contributed by atoms with E-state index in [0.717, 1.165) is 11.3 Å². The second-order valence-electron chi connectivity index (χ2n) is 4.60. The molecule has 108 valence electrons. The highest BCUT2D eigenvalue weighted by atomic mass is 79.9. The zero-order chi connectivity index (χ0) is 14.8. The number of aliphatic hydroxyl groups is 1. The van der Waals surface area contributed by atoms with Crippen molar-refractivity contribution in [1.82, 2.24) is 9.97 Å². The Morgan fingerprint density at radius 1 is 1.24 bits per heavy atom. The van der Waals surface area contributed by atoms with Gasteiger partial charge in [0.25, 0.3) is 0 Å². The summed E-state index contributed by atoms with van der Waals surface area (Å²) in [5, 5.41) is 11.9. The van der Waals surface area contributed by atoms with E-state index in [0.29, 0.717) is 27.9 Å². The van der Waals surface area contributed by atoms with Crippen LogP contribution < -0.4 is 5.32 Å². The molecule has 0 bridgehead atoms. The fourth-order valence-corrected chi connectivity index (χ4v) is 2.42. The maximum Gasteiger partial charge on any atom is 0.139 e. The number of aromatic nitrogens is 2. The van der Waals surface area contributed by atoms with E-state index in [-0.39, 0.29) is 12.4 Å². The van der Waals surface area contributed by atoms with Crippen LogP contribution >= 0.6 is 15.9 Å². The molecular formula is C15H13BrFN3O. The van der Waals surface area contributed by atoms with Gasteiger partial charge >= 0.3 is 0 Å². The number of fused-ring (bicyclic) bond motifs is 1. The predicted molar refractivity (Wildman–Crippen MR) is 84.8 cm³/mol. The van der Waals surface area contributed by atoms with E-state index < -0.39 is 0 Å². The molecule has 2 aromatic carbocycles. The lowest BCUT2D eigenvalue weighted by Gasteiger charge is -2.04. The number of hydrogen-bond donors (Lipinski definition) is 3. The molecule has 0 radical (unpaired) electrons. The minimum absolute atomic E-state index is 0.0891. The van der Waals surface area contributed by atoms with Crippen molar-refractivity contribution in [2.24, 2.45) is 0 Å². The normalized spacial score (nSPS) is 11.0. The summed E-state index contributed by atoms with van der Waals surface area (Å²) >= 11 is 3.16. The average Bonchev–Trinajstić information content (AvgIpc) is 2.89. The van der Waals surface area contributed by atoms with Crippen LogP contribution in [0, 0.1) is 5.82 Å². The number of nitrogens with one attached hydrogen (secondary N) is 2. The van der Waals surface area contributed by atoms with Crippen LogP contribution in [0.15, 0.2) is 40.9 Å². The van der Waals surface area contributed by atoms with Crippen molar-refractivity contribution in [1.29, 1.82) is 0 Å². The van der Waals surface area contributed by atoms with E-state index in [1.54, 1.807) is 6.07 Å². The van der Waals surface area contributed by atoms with Gasteiger partial charge in [0.2, 0.25) is 0 Å². The third-order valence-corrected chi connectivity index (χ3v) is 3.73. The van der Waals surface area contributed by atoms with Gasteiger partial charge in [-0.15, -0.1) is 0 Å². The average molecular weight is 350 g/mol. The first kappa shape index (κ1) is 14.0. The fraction of sp³-hybridized carbons (Fsp3) is 0.133. The quantitative estimate of drug-likeness (QED) is 0.675. The Morgan fingerprint density at radius 2 is 2.00 bits per heavy atom. The van der Waals surface area contributed by atoms with Crippen LogP contribution in [-0.2, 0) is 0 Å². The van der Waals surface area contributed by atoms with Crippen LogP contribution in [0.25, 0.3) is 22.4 Å². The molecule has 0 unspecified atom stereocenters. The Bertz CT molecular complexity index is 731. The molecule has 0 atom stereocenters. The molecule has 6 heteroatoms. The van der Waals surface area contributed by atoms with E-state index in [1.807, 2.05) is 24.3 Å². The number of aliphatic hydroxyl groups excluding tert-OH is 1. The van der Waals surface area contributed by atoms with Gasteiger partial charge in [0.15, 0.2) is 0 Å². The molecule has 3 rings (SSSR count). The van der Waals surface area contributed by atoms with Gasteiger partial charge in [-0.1, -0.05) is 0 Å². The SMILES string of the molecule is OCCNc1ccc(-c2nc3cc(Br)c(F)cc3[nH]2)cc1. The zero-order valence-electron chi connectivity index (χ0n) is 11.0. The highest BCUT2D eigenvalue weighted by Gasteiger charge is 2.08. The first-order chi connectivity index (χ1) is 10.2. The summed E-state index contributed by atoms with van der Waals surface area (Å²) in [5.74, 6) is 0.373. The largest absolute Gasteiger partial charge is 0.395 e. The molecular weight excluding hydrogens is 337 g/mol. The minimum atomic E-state index is -0.318. The van der Waals surface area contributed by atoms with Crippen LogP contribution in [0.2, 0.25) is 0 Å². The summed E-state index contributed by atoms with van der Waals surface area (Å²) in [4.78, 5) is 7.57. The number of anilines is 1. The fourth-order valence-electron chi connectivity index (χ4n) is 2.09. The Balaban J connectivity index is 1.92. The molecule has 4 nitrogen and oxygen atoms in total. The van der Waals surface area contributed by atoms with Crippen LogP contribution in [0.4, 0.5) is 10.1 Å². The highest BCUT2D eigenvalue weighted by molar-refractivity contribution is 9.10. The Kier molecular flexibility index (Phi) is 3.90. The second kappa shape index (κ2) is 5.83. The summed E-state index contributed by atoms with van der Waals surface area (Å²) in [6.07, 6.45) is 0. The van der Waals surface area contributed by atoms with Crippen molar-refractivity contribution in [3.05, 3.63) is 46.7 Å². The van der Waals surface area contributed by atoms with Crippen LogP contribution in [0.3, 0.4) is 0 Å². The summed E-state index contributed by atoms with van der Waals surface area (Å²) < 4.78 is 13.9. The summed E-state index contributed by atoms with van der Waals surface area (Å²) in [5.41, 5.74) is 3.21. The maximum atomic E-state index is 13.5. The van der Waals surface area contributed by atoms with Crippen molar-refractivity contribution in [3.63, 3.8) is 0 Å². The predicted octanol–water partition coefficient (Wildman–Crippen LogP) is 3.54. The molecule has 21 heavy (non-hydrogen) atoms. The van der Waals surface area contributed by atoms with Crippen LogP contribution in [-0.4, -0.2) is 28.2 Å². The van der Waals surface area contributed by atoms with Gasteiger partial charge < -0.3 is 15.4 Å². The van der Waals surface area contributed by atoms with Gasteiger partial charge in [0, 0.05) is 23.9 Å². The number of benzene rings is 2. The Morgan fingerprint density at radius 3 is 2.71 bits per heavy atom. The number of nitrogens with zero attached hydrogens (tertiary/aromatic N) is 1. The minimum Gasteiger partial charge on any atom is -0.395 e. The topological polar surface area (TPSA) is 60.9 Å². The van der Waals surface area contributed by atoms with Crippen LogP contribution in [0.1, 0.15) is 0 Å². The molecule has 0 saturated carbocycles. The first-order valence-corrected chi connectivity index (χ1v) is 7.26. The monoisotopic (exact) mass is 349 g/mol. The molecule has 0 spiro atoms. The van der Waals surface area contributed by atoms with Gasteiger partial charge in [-0.3, -0.25) is 0 Å². The lowest BCUT2D eigenvalue weighted by atomic mass is 10.2. The molecule has 0 aliphatic rings. The molecule has 1 heterocycles. The molecule has 0 saturated heterocycles. The van der Waals surface area contributed by atoms with Crippen LogP contribution in [0.5, 0.6) is 0 Å². The van der Waals surface area contributed by atoms with E-state index in [2.05, 4.69) is 31.2 Å². The Labute approximate surface area is 129 Å². The highest BCUT2D eigenvalue weighted by Crippen LogP contribution is 2.26. The standard InChI is InChI=1S/C15H13BrFN3O/c16-11-7-13-14(8-12(11)17)20-15(19-13)9-1-3-10(4-2-9)18-5-6-21/h1-4,7-8,18,21H,5-6H2,(H,19,20). The van der Waals surface area contributed by atoms with E-state index in [9.17, 15) is 4.39 Å². The molecule has 0 fully saturated rings. The molecule has 0 aliphatic heterocycles. The number of aromatic amines is 1. The van der Waals surface area contributed by atoms with Crippen molar-refractivity contribution in [2.45, 2.75) is 0 Å². The number of rotatable bonds is 4. The van der Waals surface area contributed by atoms with E-state index in [4.69, 9.17) is 5.11 Å². The van der Waals surface area contributed by atoms with Gasteiger partial charge in [-0.2, -0.15) is 0 Å². The lowest BCUT2D eigenvalue weighted by molar-refractivity contribution is 0.311. The first-order valence-electron chi connectivity index (χ1n) is 6.47. The van der Waals surface area contributed by atoms with Crippen molar-refractivity contribution >= 4 is 32.7 Å². The molecule has 0 aliphatic carbocycles. The zero-order valence-corrected chi connectivity index (χ0v) is 12.6. The summed E-state index contributed by atoms with van der Waals surface area (Å²) in [6.45, 7) is 0.600. The van der Waals surface area contributed by atoms with E-state index >= 15 is 0 Å². The van der Waals surface area contributed by atoms with E-state index in [1.165, 1.54) is 6.07 Å². The number of hydrogen-bond acceptors (Lipinski definition) is 3. The van der Waals surface area contributed by atoms with Crippen molar-refractivity contribution in [2.75, 3.05) is 18.5 Å². The summed E-state index contributed by atoms with van der Waals surface area (Å²) in [6, 6.07) is 10.7. The smallest absolute Gasteiger partial charge is 0.139 e. The maximum absolute atomic E-state index is 13.5. The number of halogens is 2. The third kappa shape index (κ3) is 2.91. The lowest BCUT2D eigenvalue weighted by Crippen LogP contribution is -2.04. The van der Waals surface area contributed by atoms with Crippen molar-refractivity contribution in [3.8, 4) is 11.4 Å². The van der Waals surface area contributed by atoms with Gasteiger partial charge in [0.05, 0.1) is 22.1 Å². The number of H-pyrrole nitrogens is 1. The van der Waals surface area contributed by atoms with Gasteiger partial charge in [-0.05, 0) is 46.3 Å². The molecule has 1 aromatic heterocycles. The number of imidazole rings is 1. The molecule has 3 N–H and O–H groups in total. The third-order valence-electron chi connectivity index (χ3n) is 3.12. The second-order valence-corrected chi connectivity index (χ2v) is 5.45. The Hall–Kier alpha value is -1.92. The molecule has 0 amide bonds.